The van der Waals surface area contributed by atoms with Crippen LogP contribution in [0, 0.1) is 5.41 Å². The average molecular weight is 320 g/mol. The smallest absolute Gasteiger partial charge is 0.169 e. The third kappa shape index (κ3) is 2.89. The Hall–Kier alpha value is -2.00. The number of aryl methyl sites for hydroxylation is 1. The van der Waals surface area contributed by atoms with E-state index in [0.717, 1.165) is 63.0 Å². The van der Waals surface area contributed by atoms with Crippen LogP contribution in [0.25, 0.3) is 0 Å². The van der Waals surface area contributed by atoms with E-state index in [1.807, 2.05) is 36.5 Å². The van der Waals surface area contributed by atoms with Gasteiger partial charge in [-0.05, 0) is 56.5 Å². The number of ketones is 1. The summed E-state index contributed by atoms with van der Waals surface area (Å²) in [5, 5.41) is 0. The van der Waals surface area contributed by atoms with Crippen LogP contribution in [-0.4, -0.2) is 35.3 Å². The van der Waals surface area contributed by atoms with Gasteiger partial charge in [-0.1, -0.05) is 30.3 Å². The molecule has 3 heteroatoms. The molecule has 0 bridgehead atoms. The van der Waals surface area contributed by atoms with Gasteiger partial charge in [0.15, 0.2) is 5.78 Å². The first-order valence-corrected chi connectivity index (χ1v) is 9.02. The Bertz CT molecular complexity index is 718. The first-order chi connectivity index (χ1) is 11.8. The zero-order chi connectivity index (χ0) is 16.4. The number of aromatic nitrogens is 1. The summed E-state index contributed by atoms with van der Waals surface area (Å²) in [6.07, 6.45) is 6.93. The molecule has 2 heterocycles. The lowest BCUT2D eigenvalue weighted by Gasteiger charge is -2.43. The molecular formula is C21H24N2O. The maximum absolute atomic E-state index is 13.1. The number of likely N-dealkylation sites (tertiary alicyclic amines) is 1. The predicted octanol–water partition coefficient (Wildman–Crippen LogP) is 3.54. The largest absolute Gasteiger partial charge is 0.303 e. The SMILES string of the molecule is O=C1c2ccccc2CCC12CCN(CCc1ccccn1)CC2. The van der Waals surface area contributed by atoms with Crippen LogP contribution in [0.5, 0.6) is 0 Å². The maximum atomic E-state index is 13.1. The van der Waals surface area contributed by atoms with Gasteiger partial charge >= 0.3 is 0 Å². The Kier molecular flexibility index (Phi) is 4.19. The number of rotatable bonds is 3. The van der Waals surface area contributed by atoms with Crippen molar-refractivity contribution in [3.05, 3.63) is 65.5 Å². The number of hydrogen-bond acceptors (Lipinski definition) is 3. The lowest BCUT2D eigenvalue weighted by atomic mass is 9.65. The van der Waals surface area contributed by atoms with Gasteiger partial charge in [0.25, 0.3) is 0 Å². The van der Waals surface area contributed by atoms with Crippen molar-refractivity contribution in [1.82, 2.24) is 9.88 Å². The lowest BCUT2D eigenvalue weighted by molar-refractivity contribution is 0.0543. The molecule has 1 saturated heterocycles. The monoisotopic (exact) mass is 320 g/mol. The first-order valence-electron chi connectivity index (χ1n) is 9.02. The van der Waals surface area contributed by atoms with Gasteiger partial charge in [-0.3, -0.25) is 9.78 Å². The summed E-state index contributed by atoms with van der Waals surface area (Å²) < 4.78 is 0. The third-order valence-electron chi connectivity index (χ3n) is 5.84. The van der Waals surface area contributed by atoms with E-state index in [9.17, 15) is 4.79 Å². The normalized spacial score (nSPS) is 20.1. The fourth-order valence-corrected chi connectivity index (χ4v) is 4.23. The van der Waals surface area contributed by atoms with Gasteiger partial charge in [-0.15, -0.1) is 0 Å². The second-order valence-corrected chi connectivity index (χ2v) is 7.18. The fraction of sp³-hybridized carbons (Fsp3) is 0.429. The molecule has 1 aromatic heterocycles. The third-order valence-corrected chi connectivity index (χ3v) is 5.84. The van der Waals surface area contributed by atoms with Crippen molar-refractivity contribution in [1.29, 1.82) is 0 Å². The topological polar surface area (TPSA) is 33.2 Å². The predicted molar refractivity (Wildman–Crippen MR) is 95.1 cm³/mol. The van der Waals surface area contributed by atoms with Crippen molar-refractivity contribution >= 4 is 5.78 Å². The molecule has 2 aromatic rings. The van der Waals surface area contributed by atoms with Gasteiger partial charge in [0.2, 0.25) is 0 Å². The van der Waals surface area contributed by atoms with Gasteiger partial charge in [-0.2, -0.15) is 0 Å². The molecule has 1 aromatic carbocycles. The van der Waals surface area contributed by atoms with E-state index in [1.165, 1.54) is 5.56 Å². The van der Waals surface area contributed by atoms with Crippen LogP contribution in [0.4, 0.5) is 0 Å². The standard InChI is InChI=1S/C21H24N2O/c24-20-19-7-2-1-5-17(19)8-10-21(20)11-15-23(16-12-21)14-9-18-6-3-4-13-22-18/h1-7,13H,8-12,14-16H2. The lowest BCUT2D eigenvalue weighted by Crippen LogP contribution is -2.46. The van der Waals surface area contributed by atoms with Gasteiger partial charge in [-0.25, -0.2) is 0 Å². The highest BCUT2D eigenvalue weighted by atomic mass is 16.1. The van der Waals surface area contributed by atoms with Crippen molar-refractivity contribution in [3.8, 4) is 0 Å². The zero-order valence-electron chi connectivity index (χ0n) is 14.1. The molecule has 0 radical (unpaired) electrons. The van der Waals surface area contributed by atoms with Crippen molar-refractivity contribution in [2.24, 2.45) is 5.41 Å². The van der Waals surface area contributed by atoms with Crippen LogP contribution in [0.2, 0.25) is 0 Å². The molecular weight excluding hydrogens is 296 g/mol. The van der Waals surface area contributed by atoms with Gasteiger partial charge < -0.3 is 4.90 Å². The minimum Gasteiger partial charge on any atom is -0.303 e. The Labute approximate surface area is 143 Å². The molecule has 0 unspecified atom stereocenters. The zero-order valence-corrected chi connectivity index (χ0v) is 14.1. The van der Waals surface area contributed by atoms with Crippen molar-refractivity contribution in [2.45, 2.75) is 32.1 Å². The number of Topliss-reactive ketones (excluding diaryl/α,β-unsaturated/α-hetero) is 1. The number of hydrogen-bond donors (Lipinski definition) is 0. The Morgan fingerprint density at radius 1 is 1.00 bits per heavy atom. The van der Waals surface area contributed by atoms with Crippen molar-refractivity contribution in [3.63, 3.8) is 0 Å². The summed E-state index contributed by atoms with van der Waals surface area (Å²) in [6, 6.07) is 14.3. The summed E-state index contributed by atoms with van der Waals surface area (Å²) >= 11 is 0. The molecule has 1 aliphatic carbocycles. The maximum Gasteiger partial charge on any atom is 0.169 e. The molecule has 2 aliphatic rings. The molecule has 1 spiro atoms. The van der Waals surface area contributed by atoms with Crippen LogP contribution >= 0.6 is 0 Å². The molecule has 0 saturated carbocycles. The molecule has 0 amide bonds. The van der Waals surface area contributed by atoms with Gasteiger partial charge in [0.05, 0.1) is 0 Å². The van der Waals surface area contributed by atoms with E-state index in [4.69, 9.17) is 0 Å². The second kappa shape index (κ2) is 6.48. The summed E-state index contributed by atoms with van der Waals surface area (Å²) in [7, 11) is 0. The molecule has 124 valence electrons. The van der Waals surface area contributed by atoms with Gasteiger partial charge in [0, 0.05) is 35.8 Å². The van der Waals surface area contributed by atoms with E-state index in [0.29, 0.717) is 5.78 Å². The van der Waals surface area contributed by atoms with Crippen LogP contribution < -0.4 is 0 Å². The van der Waals surface area contributed by atoms with E-state index in [2.05, 4.69) is 22.0 Å². The summed E-state index contributed by atoms with van der Waals surface area (Å²) in [5.41, 5.74) is 3.27. The highest BCUT2D eigenvalue weighted by Crippen LogP contribution is 2.43. The molecule has 0 atom stereocenters. The minimum atomic E-state index is -0.101. The van der Waals surface area contributed by atoms with Gasteiger partial charge in [0.1, 0.15) is 0 Å². The Morgan fingerprint density at radius 2 is 1.79 bits per heavy atom. The van der Waals surface area contributed by atoms with Crippen LogP contribution in [0.1, 0.15) is 40.9 Å². The number of fused-ring (bicyclic) bond motifs is 1. The summed E-state index contributed by atoms with van der Waals surface area (Å²) in [4.78, 5) is 19.9. The number of carbonyl (C=O) groups is 1. The highest BCUT2D eigenvalue weighted by molar-refractivity contribution is 6.02. The van der Waals surface area contributed by atoms with Crippen molar-refractivity contribution in [2.75, 3.05) is 19.6 Å². The fourth-order valence-electron chi connectivity index (χ4n) is 4.23. The van der Waals surface area contributed by atoms with E-state index in [-0.39, 0.29) is 5.41 Å². The number of pyridine rings is 1. The Balaban J connectivity index is 1.38. The average Bonchev–Trinajstić information content (AvgIpc) is 2.65. The van der Waals surface area contributed by atoms with Crippen LogP contribution in [0.15, 0.2) is 48.7 Å². The van der Waals surface area contributed by atoms with E-state index < -0.39 is 0 Å². The highest BCUT2D eigenvalue weighted by Gasteiger charge is 2.44. The number of carbonyl (C=O) groups excluding carboxylic acids is 1. The van der Waals surface area contributed by atoms with E-state index >= 15 is 0 Å². The first kappa shape index (κ1) is 15.5. The number of benzene rings is 1. The molecule has 1 aliphatic heterocycles. The number of piperidine rings is 1. The van der Waals surface area contributed by atoms with E-state index in [1.54, 1.807) is 0 Å². The van der Waals surface area contributed by atoms with Crippen LogP contribution in [0.3, 0.4) is 0 Å². The molecule has 0 N–H and O–H groups in total. The summed E-state index contributed by atoms with van der Waals surface area (Å²) in [6.45, 7) is 3.10. The Morgan fingerprint density at radius 3 is 2.58 bits per heavy atom. The summed E-state index contributed by atoms with van der Waals surface area (Å²) in [5.74, 6) is 0.397. The number of nitrogens with zero attached hydrogens (tertiary/aromatic N) is 2. The van der Waals surface area contributed by atoms with Crippen molar-refractivity contribution < 1.29 is 4.79 Å². The second-order valence-electron chi connectivity index (χ2n) is 7.18. The minimum absolute atomic E-state index is 0.101. The molecule has 24 heavy (non-hydrogen) atoms. The molecule has 4 rings (SSSR count). The molecule has 1 fully saturated rings. The van der Waals surface area contributed by atoms with Crippen LogP contribution in [-0.2, 0) is 12.8 Å². The quantitative estimate of drug-likeness (QED) is 0.867. The molecule has 3 nitrogen and oxygen atoms in total.